The molecule has 16 heavy (non-hydrogen) atoms. The van der Waals surface area contributed by atoms with E-state index in [2.05, 4.69) is 4.99 Å². The molecule has 1 rings (SSSR count). The lowest BCUT2D eigenvalue weighted by Crippen LogP contribution is -2.18. The zero-order valence-electron chi connectivity index (χ0n) is 9.05. The Kier molecular flexibility index (Phi) is 4.96. The molecule has 0 spiro atoms. The van der Waals surface area contributed by atoms with Gasteiger partial charge in [-0.1, -0.05) is 30.3 Å². The normalized spacial score (nSPS) is 11.3. The van der Waals surface area contributed by atoms with Crippen LogP contribution >= 0.6 is 0 Å². The van der Waals surface area contributed by atoms with Gasteiger partial charge in [-0.2, -0.15) is 4.99 Å². The maximum atomic E-state index is 10.6. The number of isocyanates is 1. The summed E-state index contributed by atoms with van der Waals surface area (Å²) in [6.45, 7) is 1.43. The summed E-state index contributed by atoms with van der Waals surface area (Å²) in [5.74, 6) is -0.376. The lowest BCUT2D eigenvalue weighted by Gasteiger charge is -2.10. The minimum atomic E-state index is -0.376. The Morgan fingerprint density at radius 2 is 2.12 bits per heavy atom. The monoisotopic (exact) mass is 219 g/mol. The Bertz CT molecular complexity index is 383. The van der Waals surface area contributed by atoms with Crippen molar-refractivity contribution in [3.8, 4) is 0 Å². The highest BCUT2D eigenvalue weighted by Gasteiger charge is 2.09. The first-order valence-electron chi connectivity index (χ1n) is 4.96. The van der Waals surface area contributed by atoms with Crippen molar-refractivity contribution in [1.82, 2.24) is 0 Å². The Morgan fingerprint density at radius 3 is 2.69 bits per heavy atom. The van der Waals surface area contributed by atoms with E-state index in [1.165, 1.54) is 13.0 Å². The zero-order chi connectivity index (χ0) is 11.8. The summed E-state index contributed by atoms with van der Waals surface area (Å²) in [4.78, 5) is 24.5. The van der Waals surface area contributed by atoms with Gasteiger partial charge in [0.2, 0.25) is 6.08 Å². The van der Waals surface area contributed by atoms with Crippen LogP contribution in [0.4, 0.5) is 0 Å². The Hall–Kier alpha value is -1.93. The number of esters is 1. The molecule has 0 saturated carbocycles. The molecule has 0 unspecified atom stereocenters. The highest BCUT2D eigenvalue weighted by Crippen LogP contribution is 2.06. The van der Waals surface area contributed by atoms with Crippen molar-refractivity contribution in [2.75, 3.05) is 6.61 Å². The molecule has 0 aliphatic heterocycles. The van der Waals surface area contributed by atoms with Crippen LogP contribution in [0.5, 0.6) is 0 Å². The predicted octanol–water partition coefficient (Wildman–Crippen LogP) is 1.50. The summed E-state index contributed by atoms with van der Waals surface area (Å²) in [7, 11) is 0. The zero-order valence-corrected chi connectivity index (χ0v) is 9.05. The Labute approximate surface area is 94.0 Å². The quantitative estimate of drug-likeness (QED) is 0.428. The first-order valence-corrected chi connectivity index (χ1v) is 4.96. The standard InChI is InChI=1S/C12H13NO3/c1-10(15)16-8-12(13-9-14)7-11-5-3-2-4-6-11/h2-6,12H,7-8H2,1H3/t12-/m1/s1. The SMILES string of the molecule is CC(=O)OC[C@@H](Cc1ccccc1)N=C=O. The molecular formula is C12H13NO3. The number of aliphatic imine (C=N–C) groups is 1. The van der Waals surface area contributed by atoms with Gasteiger partial charge in [0.15, 0.2) is 0 Å². The molecule has 0 amide bonds. The second-order valence-corrected chi connectivity index (χ2v) is 3.37. The molecule has 4 nitrogen and oxygen atoms in total. The number of benzene rings is 1. The number of ether oxygens (including phenoxy) is 1. The van der Waals surface area contributed by atoms with Crippen LogP contribution in [0.25, 0.3) is 0 Å². The molecule has 1 aromatic carbocycles. The molecule has 0 aromatic heterocycles. The minimum Gasteiger partial charge on any atom is -0.464 e. The molecule has 0 saturated heterocycles. The minimum absolute atomic E-state index is 0.111. The lowest BCUT2D eigenvalue weighted by molar-refractivity contribution is -0.141. The molecule has 0 N–H and O–H groups in total. The summed E-state index contributed by atoms with van der Waals surface area (Å²) >= 11 is 0. The van der Waals surface area contributed by atoms with Crippen molar-refractivity contribution >= 4 is 12.0 Å². The molecule has 0 radical (unpaired) electrons. The van der Waals surface area contributed by atoms with Gasteiger partial charge < -0.3 is 4.74 Å². The number of carbonyl (C=O) groups excluding carboxylic acids is 2. The maximum absolute atomic E-state index is 10.6. The molecule has 0 aliphatic rings. The van der Waals surface area contributed by atoms with Gasteiger partial charge in [0.1, 0.15) is 12.6 Å². The molecule has 0 aliphatic carbocycles. The molecule has 1 atom stereocenters. The van der Waals surface area contributed by atoms with Gasteiger partial charge in [0.05, 0.1) is 0 Å². The smallest absolute Gasteiger partial charge is 0.302 e. The van der Waals surface area contributed by atoms with Crippen LogP contribution in [0, 0.1) is 0 Å². The molecule has 4 heteroatoms. The van der Waals surface area contributed by atoms with Crippen LogP contribution in [0.15, 0.2) is 35.3 Å². The third kappa shape index (κ3) is 4.53. The number of nitrogens with zero attached hydrogens (tertiary/aromatic N) is 1. The average molecular weight is 219 g/mol. The van der Waals surface area contributed by atoms with E-state index in [1.807, 2.05) is 30.3 Å². The van der Waals surface area contributed by atoms with Crippen LogP contribution in [0.3, 0.4) is 0 Å². The molecule has 0 fully saturated rings. The van der Waals surface area contributed by atoms with Crippen molar-refractivity contribution < 1.29 is 14.3 Å². The van der Waals surface area contributed by atoms with Crippen LogP contribution in [0.2, 0.25) is 0 Å². The van der Waals surface area contributed by atoms with Crippen LogP contribution in [0.1, 0.15) is 12.5 Å². The van der Waals surface area contributed by atoms with Crippen molar-refractivity contribution in [2.45, 2.75) is 19.4 Å². The first kappa shape index (κ1) is 12.1. The largest absolute Gasteiger partial charge is 0.464 e. The van der Waals surface area contributed by atoms with Crippen molar-refractivity contribution in [2.24, 2.45) is 4.99 Å². The van der Waals surface area contributed by atoms with E-state index < -0.39 is 0 Å². The van der Waals surface area contributed by atoms with E-state index in [1.54, 1.807) is 0 Å². The summed E-state index contributed by atoms with van der Waals surface area (Å²) in [6.07, 6.45) is 2.05. The summed E-state index contributed by atoms with van der Waals surface area (Å²) in [5, 5.41) is 0. The van der Waals surface area contributed by atoms with E-state index in [0.717, 1.165) is 5.56 Å². The van der Waals surface area contributed by atoms with E-state index in [0.29, 0.717) is 6.42 Å². The predicted molar refractivity (Wildman–Crippen MR) is 58.7 cm³/mol. The lowest BCUT2D eigenvalue weighted by atomic mass is 10.1. The Balaban J connectivity index is 2.57. The van der Waals surface area contributed by atoms with E-state index >= 15 is 0 Å². The fourth-order valence-corrected chi connectivity index (χ4v) is 1.32. The van der Waals surface area contributed by atoms with Gasteiger partial charge in [0.25, 0.3) is 0 Å². The van der Waals surface area contributed by atoms with Crippen molar-refractivity contribution in [1.29, 1.82) is 0 Å². The number of hydrogen-bond donors (Lipinski definition) is 0. The van der Waals surface area contributed by atoms with Gasteiger partial charge in [0, 0.05) is 6.92 Å². The summed E-state index contributed by atoms with van der Waals surface area (Å²) < 4.78 is 4.82. The number of rotatable bonds is 5. The summed E-state index contributed by atoms with van der Waals surface area (Å²) in [5.41, 5.74) is 1.04. The molecule has 0 heterocycles. The topological polar surface area (TPSA) is 55.7 Å². The van der Waals surface area contributed by atoms with E-state index in [9.17, 15) is 9.59 Å². The van der Waals surface area contributed by atoms with Gasteiger partial charge in [-0.15, -0.1) is 0 Å². The van der Waals surface area contributed by atoms with E-state index in [-0.39, 0.29) is 18.6 Å². The van der Waals surface area contributed by atoms with E-state index in [4.69, 9.17) is 4.74 Å². The Morgan fingerprint density at radius 1 is 1.44 bits per heavy atom. The van der Waals surface area contributed by atoms with Crippen molar-refractivity contribution in [3.63, 3.8) is 0 Å². The molecule has 0 bridgehead atoms. The fourth-order valence-electron chi connectivity index (χ4n) is 1.32. The third-order valence-electron chi connectivity index (χ3n) is 2.03. The summed E-state index contributed by atoms with van der Waals surface area (Å²) in [6, 6.07) is 9.23. The van der Waals surface area contributed by atoms with Gasteiger partial charge in [-0.05, 0) is 12.0 Å². The van der Waals surface area contributed by atoms with Gasteiger partial charge in [-0.25, -0.2) is 4.79 Å². The maximum Gasteiger partial charge on any atom is 0.302 e. The molecular weight excluding hydrogens is 206 g/mol. The third-order valence-corrected chi connectivity index (χ3v) is 2.03. The van der Waals surface area contributed by atoms with Crippen molar-refractivity contribution in [3.05, 3.63) is 35.9 Å². The second kappa shape index (κ2) is 6.53. The first-order chi connectivity index (χ1) is 7.72. The van der Waals surface area contributed by atoms with Crippen LogP contribution in [-0.4, -0.2) is 24.7 Å². The molecule has 84 valence electrons. The van der Waals surface area contributed by atoms with Gasteiger partial charge in [-0.3, -0.25) is 4.79 Å². The van der Waals surface area contributed by atoms with Crippen LogP contribution < -0.4 is 0 Å². The fraction of sp³-hybridized carbons (Fsp3) is 0.333. The average Bonchev–Trinajstić information content (AvgIpc) is 2.27. The highest BCUT2D eigenvalue weighted by molar-refractivity contribution is 5.65. The van der Waals surface area contributed by atoms with Crippen LogP contribution in [-0.2, 0) is 20.7 Å². The molecule has 1 aromatic rings. The number of hydrogen-bond acceptors (Lipinski definition) is 4. The number of carbonyl (C=O) groups is 1. The van der Waals surface area contributed by atoms with Gasteiger partial charge >= 0.3 is 5.97 Å². The second-order valence-electron chi connectivity index (χ2n) is 3.37. The highest BCUT2D eigenvalue weighted by atomic mass is 16.5.